The minimum absolute atomic E-state index is 0. The Morgan fingerprint density at radius 1 is 0.371 bits per heavy atom. The van der Waals surface area contributed by atoms with Gasteiger partial charge < -0.3 is 30.6 Å². The van der Waals surface area contributed by atoms with Crippen molar-refractivity contribution in [3.05, 3.63) is 84.9 Å². The van der Waals surface area contributed by atoms with Gasteiger partial charge in [0.2, 0.25) is 0 Å². The van der Waals surface area contributed by atoms with Crippen molar-refractivity contribution in [3.63, 3.8) is 0 Å². The molecular formula is C18H9N3O12Y2. The molecule has 3 aromatic rings. The zero-order chi connectivity index (χ0) is 25.3. The number of non-ortho nitro benzene ring substituents is 3. The molecule has 0 aliphatic rings. The van der Waals surface area contributed by atoms with Crippen LogP contribution in [0.4, 0.5) is 17.1 Å². The van der Waals surface area contributed by atoms with E-state index in [0.717, 1.165) is 54.6 Å². The average Bonchev–Trinajstić information content (AvgIpc) is 2.66. The van der Waals surface area contributed by atoms with E-state index in [1.807, 2.05) is 0 Å². The monoisotopic (exact) mass is 637 g/mol. The van der Waals surface area contributed by atoms with E-state index in [4.69, 9.17) is 0 Å². The van der Waals surface area contributed by atoms with Crippen molar-refractivity contribution in [1.82, 2.24) is 0 Å². The summed E-state index contributed by atoms with van der Waals surface area (Å²) >= 11 is 0. The van der Waals surface area contributed by atoms with Gasteiger partial charge in [0.15, 0.2) is 0 Å². The molecule has 0 atom stereocenters. The van der Waals surface area contributed by atoms with E-state index >= 15 is 0 Å². The number of nitro benzene ring substituents is 3. The van der Waals surface area contributed by atoms with Crippen molar-refractivity contribution < 1.29 is 111 Å². The van der Waals surface area contributed by atoms with Crippen molar-refractivity contribution >= 4 is 17.1 Å². The zero-order valence-electron chi connectivity index (χ0n) is 17.1. The number of benzene rings is 3. The summed E-state index contributed by atoms with van der Waals surface area (Å²) in [5.41, 5.74) is -1.37. The van der Waals surface area contributed by atoms with Gasteiger partial charge in [-0.25, -0.2) is 0 Å². The Hall–Kier alpha value is -3.13. The molecule has 0 bridgehead atoms. The first-order chi connectivity index (χ1) is 15.3. The zero-order valence-corrected chi connectivity index (χ0v) is 22.8. The summed E-state index contributed by atoms with van der Waals surface area (Å²) < 4.78 is 0. The van der Waals surface area contributed by atoms with Gasteiger partial charge in [0.05, 0.1) is 14.8 Å². The summed E-state index contributed by atoms with van der Waals surface area (Å²) in [7, 11) is 0. The standard InChI is InChI=1S/3C6H5NO4.2Y/c3*8-5-1-4(7(10)11)2-6(9)3-5;;/h3*1-3,8-9H;;/q;;;2*+3/p-6. The normalized spacial score (nSPS) is 8.91. The first-order valence-electron chi connectivity index (χ1n) is 8.19. The Kier molecular flexibility index (Phi) is 15.3. The van der Waals surface area contributed by atoms with Crippen molar-refractivity contribution in [2.24, 2.45) is 0 Å². The van der Waals surface area contributed by atoms with E-state index < -0.39 is 66.3 Å². The Morgan fingerprint density at radius 2 is 0.514 bits per heavy atom. The van der Waals surface area contributed by atoms with Crippen molar-refractivity contribution in [2.75, 3.05) is 0 Å². The third kappa shape index (κ3) is 12.8. The van der Waals surface area contributed by atoms with E-state index in [9.17, 15) is 61.0 Å². The van der Waals surface area contributed by atoms with Crippen LogP contribution in [0.5, 0.6) is 34.5 Å². The molecule has 0 aliphatic heterocycles. The van der Waals surface area contributed by atoms with Crippen LogP contribution in [0.3, 0.4) is 0 Å². The van der Waals surface area contributed by atoms with Crippen molar-refractivity contribution in [2.45, 2.75) is 0 Å². The number of nitro groups is 3. The maximum atomic E-state index is 10.5. The van der Waals surface area contributed by atoms with Gasteiger partial charge in [0.25, 0.3) is 17.1 Å². The predicted molar refractivity (Wildman–Crippen MR) is 96.0 cm³/mol. The molecule has 0 radical (unpaired) electrons. The quantitative estimate of drug-likeness (QED) is 0.253. The molecule has 0 fully saturated rings. The molecule has 3 aromatic carbocycles. The smallest absolute Gasteiger partial charge is 0.872 e. The van der Waals surface area contributed by atoms with Crippen LogP contribution in [0, 0.1) is 30.3 Å². The van der Waals surface area contributed by atoms with E-state index in [1.165, 1.54) is 0 Å². The fourth-order valence-corrected chi connectivity index (χ4v) is 1.99. The van der Waals surface area contributed by atoms with Gasteiger partial charge in [-0.3, -0.25) is 30.3 Å². The van der Waals surface area contributed by atoms with Crippen LogP contribution in [-0.2, 0) is 65.4 Å². The molecule has 15 nitrogen and oxygen atoms in total. The Balaban J connectivity index is 0. The first kappa shape index (κ1) is 34.0. The molecule has 0 amide bonds. The van der Waals surface area contributed by atoms with Crippen LogP contribution in [0.25, 0.3) is 0 Å². The number of rotatable bonds is 3. The predicted octanol–water partition coefficient (Wildman–Crippen LogP) is -0.779. The Labute approximate surface area is 245 Å². The Morgan fingerprint density at radius 3 is 0.629 bits per heavy atom. The maximum absolute atomic E-state index is 10.5. The van der Waals surface area contributed by atoms with Gasteiger partial charge in [-0.15, -0.1) is 34.5 Å². The van der Waals surface area contributed by atoms with E-state index in [1.54, 1.807) is 0 Å². The molecule has 0 spiro atoms. The molecule has 0 saturated heterocycles. The van der Waals surface area contributed by atoms with E-state index in [-0.39, 0.29) is 65.4 Å². The van der Waals surface area contributed by atoms with Gasteiger partial charge in [-0.05, 0) is 0 Å². The summed E-state index contributed by atoms with van der Waals surface area (Å²) in [5.74, 6) is -3.81. The van der Waals surface area contributed by atoms with Crippen LogP contribution in [0.1, 0.15) is 0 Å². The second-order valence-corrected chi connectivity index (χ2v) is 5.76. The van der Waals surface area contributed by atoms with Gasteiger partial charge in [0.1, 0.15) is 0 Å². The third-order valence-electron chi connectivity index (χ3n) is 3.23. The van der Waals surface area contributed by atoms with Crippen LogP contribution < -0.4 is 30.6 Å². The SMILES string of the molecule is O=[N+]([O-])c1cc([O-])cc([O-])c1.O=[N+]([O-])c1cc([O-])cc([O-])c1.O=[N+]([O-])c1cc([O-])cc([O-])c1.[Y+3].[Y+3]. The summed E-state index contributed by atoms with van der Waals surface area (Å²) in [6, 6.07) is 7.24. The number of hydrogen-bond acceptors (Lipinski definition) is 12. The summed E-state index contributed by atoms with van der Waals surface area (Å²) in [4.78, 5) is 27.8. The fourth-order valence-electron chi connectivity index (χ4n) is 1.99. The fraction of sp³-hybridized carbons (Fsp3) is 0. The third-order valence-corrected chi connectivity index (χ3v) is 3.23. The summed E-state index contributed by atoms with van der Waals surface area (Å²) in [6.07, 6.45) is 0. The summed E-state index contributed by atoms with van der Waals surface area (Å²) in [6.45, 7) is 0. The molecular weight excluding hydrogens is 628 g/mol. The molecule has 3 rings (SSSR count). The Bertz CT molecular complexity index is 986. The van der Waals surface area contributed by atoms with Crippen LogP contribution in [0.2, 0.25) is 0 Å². The molecule has 174 valence electrons. The molecule has 35 heavy (non-hydrogen) atoms. The molecule has 0 aromatic heterocycles. The van der Waals surface area contributed by atoms with Gasteiger partial charge in [-0.2, -0.15) is 0 Å². The van der Waals surface area contributed by atoms with Gasteiger partial charge in [0, 0.05) is 36.4 Å². The first-order valence-corrected chi connectivity index (χ1v) is 8.19. The minimum atomic E-state index is -0.775. The number of nitrogens with zero attached hydrogens (tertiary/aromatic N) is 3. The second-order valence-electron chi connectivity index (χ2n) is 5.76. The largest absolute Gasteiger partial charge is 3.00 e. The van der Waals surface area contributed by atoms with Crippen LogP contribution >= 0.6 is 0 Å². The molecule has 17 heteroatoms. The molecule has 0 unspecified atom stereocenters. The van der Waals surface area contributed by atoms with Crippen molar-refractivity contribution in [3.8, 4) is 34.5 Å². The number of hydrogen-bond donors (Lipinski definition) is 0. The van der Waals surface area contributed by atoms with Crippen molar-refractivity contribution in [1.29, 1.82) is 0 Å². The van der Waals surface area contributed by atoms with E-state index in [2.05, 4.69) is 0 Å². The molecule has 0 N–H and O–H groups in total. The average molecular weight is 637 g/mol. The maximum Gasteiger partial charge on any atom is 3.00 e. The molecule has 0 heterocycles. The molecule has 0 aliphatic carbocycles. The second kappa shape index (κ2) is 15.7. The molecule has 0 saturated carbocycles. The topological polar surface area (TPSA) is 268 Å². The van der Waals surface area contributed by atoms with Gasteiger partial charge >= 0.3 is 65.4 Å². The minimum Gasteiger partial charge on any atom is -0.872 e. The van der Waals surface area contributed by atoms with Gasteiger partial charge in [-0.1, -0.05) is 18.2 Å². The van der Waals surface area contributed by atoms with E-state index in [0.29, 0.717) is 0 Å². The van der Waals surface area contributed by atoms with Crippen LogP contribution in [0.15, 0.2) is 54.6 Å². The summed E-state index contributed by atoms with van der Waals surface area (Å²) in [5, 5.41) is 93.2. The van der Waals surface area contributed by atoms with Crippen LogP contribution in [-0.4, -0.2) is 14.8 Å².